The first-order chi connectivity index (χ1) is 4.00. The predicted molar refractivity (Wildman–Crippen MR) is 39.2 cm³/mol. The summed E-state index contributed by atoms with van der Waals surface area (Å²) in [4.78, 5) is 58.6. The molecule has 0 aliphatic heterocycles. The molecule has 11 heavy (non-hydrogen) atoms. The first kappa shape index (κ1) is 17.9. The SMILES string of the molecule is O[Si](O)(O)O.O[Si](O)(O)O.[InH3]. The molecule has 0 saturated heterocycles. The minimum atomic E-state index is -4.61. The van der Waals surface area contributed by atoms with Crippen LogP contribution in [0.3, 0.4) is 0 Å². The van der Waals surface area contributed by atoms with Gasteiger partial charge in [0.25, 0.3) is 0 Å². The molecular weight excluding hydrogens is 299 g/mol. The van der Waals surface area contributed by atoms with E-state index in [4.69, 9.17) is 38.4 Å². The quantitative estimate of drug-likeness (QED) is 0.205. The van der Waals surface area contributed by atoms with Gasteiger partial charge in [0.2, 0.25) is 0 Å². The van der Waals surface area contributed by atoms with E-state index in [1.54, 1.807) is 0 Å². The van der Waals surface area contributed by atoms with E-state index in [0.717, 1.165) is 0 Å². The Morgan fingerprint density at radius 2 is 0.455 bits per heavy atom. The molecule has 0 rings (SSSR count). The summed E-state index contributed by atoms with van der Waals surface area (Å²) in [6, 6.07) is 0. The molecule has 11 heteroatoms. The van der Waals surface area contributed by atoms with Crippen LogP contribution >= 0.6 is 0 Å². The van der Waals surface area contributed by atoms with Crippen molar-refractivity contribution in [2.45, 2.75) is 0 Å². The zero-order valence-electron chi connectivity index (χ0n) is 4.58. The summed E-state index contributed by atoms with van der Waals surface area (Å²) in [5.41, 5.74) is 0. The van der Waals surface area contributed by atoms with Crippen molar-refractivity contribution in [2.24, 2.45) is 0 Å². The van der Waals surface area contributed by atoms with Crippen molar-refractivity contribution < 1.29 is 38.4 Å². The van der Waals surface area contributed by atoms with E-state index >= 15 is 0 Å². The number of hydrogen-bond donors (Lipinski definition) is 8. The molecule has 0 aliphatic rings. The van der Waals surface area contributed by atoms with E-state index in [9.17, 15) is 0 Å². The molecule has 0 radical (unpaired) electrons. The first-order valence-electron chi connectivity index (χ1n) is 1.79. The van der Waals surface area contributed by atoms with Gasteiger partial charge in [-0.2, -0.15) is 0 Å². The fraction of sp³-hybridized carbons (Fsp3) is 0. The van der Waals surface area contributed by atoms with Crippen molar-refractivity contribution in [2.75, 3.05) is 0 Å². The van der Waals surface area contributed by atoms with Gasteiger partial charge in [-0.05, 0) is 0 Å². The third kappa shape index (κ3) is 916. The second kappa shape index (κ2) is 6.49. The molecule has 8 nitrogen and oxygen atoms in total. The monoisotopic (exact) mass is 310 g/mol. The van der Waals surface area contributed by atoms with E-state index in [-0.39, 0.29) is 25.8 Å². The van der Waals surface area contributed by atoms with Crippen LogP contribution < -0.4 is 0 Å². The van der Waals surface area contributed by atoms with Crippen molar-refractivity contribution >= 4 is 43.9 Å². The molecule has 0 fully saturated rings. The molecule has 0 aromatic rings. The van der Waals surface area contributed by atoms with Gasteiger partial charge in [0, 0.05) is 0 Å². The minimum absolute atomic E-state index is 0. The molecule has 0 saturated carbocycles. The molecular formula is H11InO8Si2. The average molecular weight is 310 g/mol. The summed E-state index contributed by atoms with van der Waals surface area (Å²) in [7, 11) is -9.22. The Hall–Kier alpha value is 0.984. The maximum absolute atomic E-state index is 7.33. The van der Waals surface area contributed by atoms with E-state index in [0.29, 0.717) is 0 Å². The summed E-state index contributed by atoms with van der Waals surface area (Å²) in [5, 5.41) is 0. The Morgan fingerprint density at radius 1 is 0.455 bits per heavy atom. The van der Waals surface area contributed by atoms with Crippen LogP contribution in [-0.2, 0) is 0 Å². The van der Waals surface area contributed by atoms with Crippen molar-refractivity contribution in [1.82, 2.24) is 0 Å². The zero-order valence-corrected chi connectivity index (χ0v) is 6.58. The fourth-order valence-electron chi connectivity index (χ4n) is 0. The van der Waals surface area contributed by atoms with Gasteiger partial charge in [0.1, 0.15) is 0 Å². The molecule has 8 N–H and O–H groups in total. The maximum atomic E-state index is 7.33. The molecule has 0 atom stereocenters. The van der Waals surface area contributed by atoms with Gasteiger partial charge in [-0.25, -0.2) is 0 Å². The Morgan fingerprint density at radius 3 is 0.455 bits per heavy atom. The molecule has 0 aliphatic carbocycles. The second-order valence-electron chi connectivity index (χ2n) is 1.20. The van der Waals surface area contributed by atoms with Crippen LogP contribution in [-0.4, -0.2) is 82.3 Å². The molecule has 0 heterocycles. The summed E-state index contributed by atoms with van der Waals surface area (Å²) in [6.07, 6.45) is 0. The molecule has 0 aromatic carbocycles. The Bertz CT molecular complexity index is 55.1. The fourth-order valence-corrected chi connectivity index (χ4v) is 0. The van der Waals surface area contributed by atoms with Gasteiger partial charge in [-0.3, -0.25) is 0 Å². The number of hydrogen-bond acceptors (Lipinski definition) is 8. The van der Waals surface area contributed by atoms with Crippen LogP contribution in [0.15, 0.2) is 0 Å². The average Bonchev–Trinajstić information content (AvgIpc) is 1.12. The van der Waals surface area contributed by atoms with Gasteiger partial charge >= 0.3 is 43.9 Å². The summed E-state index contributed by atoms with van der Waals surface area (Å²) < 4.78 is 0. The van der Waals surface area contributed by atoms with Crippen LogP contribution in [0.25, 0.3) is 0 Å². The molecule has 70 valence electrons. The molecule has 0 amide bonds. The van der Waals surface area contributed by atoms with Crippen molar-refractivity contribution in [3.63, 3.8) is 0 Å². The Kier molecular flexibility index (Phi) is 10.6. The van der Waals surface area contributed by atoms with E-state index in [1.807, 2.05) is 0 Å². The van der Waals surface area contributed by atoms with E-state index in [1.165, 1.54) is 0 Å². The molecule has 0 spiro atoms. The second-order valence-corrected chi connectivity index (χ2v) is 3.60. The van der Waals surface area contributed by atoms with Crippen molar-refractivity contribution in [1.29, 1.82) is 0 Å². The standard InChI is InChI=1S/In.2H4O4Si.3H/c;2*1-5(2,3)4;;;/h;2*1-4H;;;. The molecule has 0 aromatic heterocycles. The number of rotatable bonds is 0. The van der Waals surface area contributed by atoms with E-state index in [2.05, 4.69) is 0 Å². The summed E-state index contributed by atoms with van der Waals surface area (Å²) in [5.74, 6) is 0. The van der Waals surface area contributed by atoms with Crippen LogP contribution in [0.1, 0.15) is 0 Å². The zero-order chi connectivity index (χ0) is 9.00. The van der Waals surface area contributed by atoms with Gasteiger partial charge in [0.15, 0.2) is 0 Å². The Labute approximate surface area is 82.4 Å². The third-order valence-electron chi connectivity index (χ3n) is 0. The van der Waals surface area contributed by atoms with Gasteiger partial charge < -0.3 is 38.4 Å². The predicted octanol–water partition coefficient (Wildman–Crippen LogP) is -6.40. The van der Waals surface area contributed by atoms with Crippen LogP contribution in [0, 0.1) is 0 Å². The van der Waals surface area contributed by atoms with Gasteiger partial charge in [-0.15, -0.1) is 0 Å². The van der Waals surface area contributed by atoms with Gasteiger partial charge in [0.05, 0.1) is 0 Å². The van der Waals surface area contributed by atoms with Gasteiger partial charge in [-0.1, -0.05) is 0 Å². The molecule has 0 bridgehead atoms. The Balaban J connectivity index is -0.000000107. The third-order valence-corrected chi connectivity index (χ3v) is 0. The van der Waals surface area contributed by atoms with E-state index < -0.39 is 18.1 Å². The topological polar surface area (TPSA) is 162 Å². The van der Waals surface area contributed by atoms with Crippen molar-refractivity contribution in [3.8, 4) is 0 Å². The summed E-state index contributed by atoms with van der Waals surface area (Å²) in [6.45, 7) is 0. The first-order valence-corrected chi connectivity index (χ1v) is 5.37. The van der Waals surface area contributed by atoms with Crippen LogP contribution in [0.5, 0.6) is 0 Å². The van der Waals surface area contributed by atoms with Crippen molar-refractivity contribution in [3.05, 3.63) is 0 Å². The van der Waals surface area contributed by atoms with Crippen LogP contribution in [0.2, 0.25) is 0 Å². The summed E-state index contributed by atoms with van der Waals surface area (Å²) >= 11 is 0. The van der Waals surface area contributed by atoms with Crippen LogP contribution in [0.4, 0.5) is 0 Å². The molecule has 0 unspecified atom stereocenters. The normalized spacial score (nSPS) is 10.9.